The number of carbonyl (C=O) groups is 3. The quantitative estimate of drug-likeness (QED) is 0.0343. The highest BCUT2D eigenvalue weighted by Crippen LogP contribution is 2.18. The van der Waals surface area contributed by atoms with E-state index in [-0.39, 0.29) is 31.1 Å². The van der Waals surface area contributed by atoms with E-state index in [1.54, 1.807) is 0 Å². The fourth-order valence-electron chi connectivity index (χ4n) is 9.63. The monoisotopic (exact) mass is 961 g/mol. The molecule has 6 heteroatoms. The second-order valence-corrected chi connectivity index (χ2v) is 21.8. The molecule has 1 atom stereocenters. The van der Waals surface area contributed by atoms with E-state index < -0.39 is 6.10 Å². The largest absolute Gasteiger partial charge is 0.462 e. The summed E-state index contributed by atoms with van der Waals surface area (Å²) in [5, 5.41) is 0. The van der Waals surface area contributed by atoms with Crippen molar-refractivity contribution in [3.8, 4) is 0 Å². The predicted molar refractivity (Wildman–Crippen MR) is 293 cm³/mol. The summed E-state index contributed by atoms with van der Waals surface area (Å²) in [4.78, 5) is 38.2. The number of hydrogen-bond acceptors (Lipinski definition) is 6. The minimum absolute atomic E-state index is 0.0614. The van der Waals surface area contributed by atoms with Crippen molar-refractivity contribution in [2.75, 3.05) is 13.2 Å². The lowest BCUT2D eigenvalue weighted by atomic mass is 10.0. The van der Waals surface area contributed by atoms with Crippen LogP contribution in [0.2, 0.25) is 0 Å². The Morgan fingerprint density at radius 2 is 0.485 bits per heavy atom. The Labute approximate surface area is 425 Å². The molecule has 0 saturated heterocycles. The van der Waals surface area contributed by atoms with Crippen LogP contribution >= 0.6 is 0 Å². The van der Waals surface area contributed by atoms with Crippen molar-refractivity contribution < 1.29 is 28.6 Å². The van der Waals surface area contributed by atoms with E-state index in [0.717, 1.165) is 63.7 Å². The first kappa shape index (κ1) is 66.4. The lowest BCUT2D eigenvalue weighted by Gasteiger charge is -2.18. The Kier molecular flexibility index (Phi) is 55.0. The van der Waals surface area contributed by atoms with Gasteiger partial charge in [-0.2, -0.15) is 0 Å². The average molecular weight is 962 g/mol. The third-order valence-corrected chi connectivity index (χ3v) is 14.3. The van der Waals surface area contributed by atoms with Crippen molar-refractivity contribution in [1.29, 1.82) is 0 Å². The van der Waals surface area contributed by atoms with Crippen molar-refractivity contribution >= 4 is 17.9 Å². The maximum Gasteiger partial charge on any atom is 0.306 e. The van der Waals surface area contributed by atoms with Gasteiger partial charge in [-0.15, -0.1) is 0 Å². The predicted octanol–water partition coefficient (Wildman–Crippen LogP) is 20.6. The Balaban J connectivity index is 4.25. The van der Waals surface area contributed by atoms with Gasteiger partial charge in [0.15, 0.2) is 6.10 Å². The van der Waals surface area contributed by atoms with Crippen LogP contribution in [0.25, 0.3) is 0 Å². The van der Waals surface area contributed by atoms with E-state index in [1.807, 2.05) is 0 Å². The topological polar surface area (TPSA) is 78.9 Å². The summed E-state index contributed by atoms with van der Waals surface area (Å²) in [6, 6.07) is 0. The summed E-state index contributed by atoms with van der Waals surface area (Å²) in [6.45, 7) is 9.08. The third kappa shape index (κ3) is 55.3. The highest BCUT2D eigenvalue weighted by Gasteiger charge is 2.19. The zero-order valence-corrected chi connectivity index (χ0v) is 46.6. The highest BCUT2D eigenvalue weighted by molar-refractivity contribution is 5.71. The fraction of sp³-hybridized carbons (Fsp3) is 0.952. The zero-order chi connectivity index (χ0) is 49.5. The summed E-state index contributed by atoms with van der Waals surface area (Å²) in [6.07, 6.45) is 62.4. The van der Waals surface area contributed by atoms with Crippen molar-refractivity contribution in [3.05, 3.63) is 0 Å². The van der Waals surface area contributed by atoms with E-state index in [1.165, 1.54) is 250 Å². The van der Waals surface area contributed by atoms with Crippen LogP contribution in [0.5, 0.6) is 0 Å². The first-order chi connectivity index (χ1) is 33.4. The number of hydrogen-bond donors (Lipinski definition) is 0. The first-order valence-electron chi connectivity index (χ1n) is 30.9. The van der Waals surface area contributed by atoms with Gasteiger partial charge in [0.05, 0.1) is 0 Å². The molecule has 0 N–H and O–H groups in total. The average Bonchev–Trinajstić information content (AvgIpc) is 3.32. The molecule has 0 rings (SSSR count). The number of esters is 3. The fourth-order valence-corrected chi connectivity index (χ4v) is 9.63. The molecule has 0 aliphatic rings. The van der Waals surface area contributed by atoms with Gasteiger partial charge < -0.3 is 14.2 Å². The van der Waals surface area contributed by atoms with Gasteiger partial charge in [0.1, 0.15) is 13.2 Å². The molecule has 6 nitrogen and oxygen atoms in total. The van der Waals surface area contributed by atoms with Crippen LogP contribution in [-0.2, 0) is 28.6 Å². The molecule has 0 aromatic rings. The maximum atomic E-state index is 12.9. The molecule has 0 spiro atoms. The molecular formula is C62H120O6. The van der Waals surface area contributed by atoms with Gasteiger partial charge >= 0.3 is 17.9 Å². The van der Waals surface area contributed by atoms with Crippen molar-refractivity contribution in [3.63, 3.8) is 0 Å². The van der Waals surface area contributed by atoms with E-state index >= 15 is 0 Å². The van der Waals surface area contributed by atoms with Crippen LogP contribution in [0, 0.1) is 5.92 Å². The molecule has 0 unspecified atom stereocenters. The Morgan fingerprint density at radius 1 is 0.279 bits per heavy atom. The second-order valence-electron chi connectivity index (χ2n) is 21.8. The molecule has 0 aromatic heterocycles. The Morgan fingerprint density at radius 3 is 0.721 bits per heavy atom. The minimum Gasteiger partial charge on any atom is -0.462 e. The molecule has 0 saturated carbocycles. The van der Waals surface area contributed by atoms with E-state index in [0.29, 0.717) is 19.3 Å². The van der Waals surface area contributed by atoms with Gasteiger partial charge in [-0.1, -0.05) is 317 Å². The molecule has 0 aliphatic heterocycles. The lowest BCUT2D eigenvalue weighted by molar-refractivity contribution is -0.167. The van der Waals surface area contributed by atoms with E-state index in [2.05, 4.69) is 27.7 Å². The van der Waals surface area contributed by atoms with Gasteiger partial charge in [0.2, 0.25) is 0 Å². The molecule has 0 amide bonds. The van der Waals surface area contributed by atoms with Crippen LogP contribution in [0.15, 0.2) is 0 Å². The molecule has 0 heterocycles. The summed E-state index contributed by atoms with van der Waals surface area (Å²) in [7, 11) is 0. The standard InChI is InChI=1S/C62H120O6/c1-5-7-9-11-13-15-17-19-20-21-22-23-27-30-34-38-42-46-50-54-61(64)67-57-59(56-66-60(63)53-49-45-41-37-33-18-16-14-12-10-8-6-2)68-62(65)55-51-47-43-39-35-31-28-25-24-26-29-32-36-40-44-48-52-58(3)4/h58-59H,5-57H2,1-4H3/t59-/m0/s1. The summed E-state index contributed by atoms with van der Waals surface area (Å²) in [5.74, 6) is 0.0209. The van der Waals surface area contributed by atoms with Crippen LogP contribution < -0.4 is 0 Å². The molecule has 0 fully saturated rings. The van der Waals surface area contributed by atoms with Crippen LogP contribution in [0.1, 0.15) is 355 Å². The SMILES string of the molecule is CCCCCCCCCCCCCCCCCCCCCC(=O)OC[C@H](COC(=O)CCCCCCCCCCCCCC)OC(=O)CCCCCCCCCCCCCCCCCCC(C)C. The normalized spacial score (nSPS) is 12.0. The summed E-state index contributed by atoms with van der Waals surface area (Å²) < 4.78 is 16.9. The number of rotatable bonds is 57. The van der Waals surface area contributed by atoms with Crippen molar-refractivity contribution in [2.24, 2.45) is 5.92 Å². The third-order valence-electron chi connectivity index (χ3n) is 14.3. The highest BCUT2D eigenvalue weighted by atomic mass is 16.6. The number of ether oxygens (including phenoxy) is 3. The van der Waals surface area contributed by atoms with Gasteiger partial charge in [-0.05, 0) is 25.2 Å². The molecule has 0 aliphatic carbocycles. The van der Waals surface area contributed by atoms with Gasteiger partial charge in [-0.25, -0.2) is 0 Å². The van der Waals surface area contributed by atoms with Gasteiger partial charge in [-0.3, -0.25) is 14.4 Å². The van der Waals surface area contributed by atoms with Crippen molar-refractivity contribution in [2.45, 2.75) is 361 Å². The Bertz CT molecular complexity index is 1030. The lowest BCUT2D eigenvalue weighted by Crippen LogP contribution is -2.30. The number of carbonyl (C=O) groups excluding carboxylic acids is 3. The van der Waals surface area contributed by atoms with E-state index in [4.69, 9.17) is 14.2 Å². The molecule has 0 radical (unpaired) electrons. The van der Waals surface area contributed by atoms with Crippen LogP contribution in [0.4, 0.5) is 0 Å². The van der Waals surface area contributed by atoms with Crippen LogP contribution in [-0.4, -0.2) is 37.2 Å². The van der Waals surface area contributed by atoms with Gasteiger partial charge in [0, 0.05) is 19.3 Å². The first-order valence-corrected chi connectivity index (χ1v) is 30.9. The van der Waals surface area contributed by atoms with E-state index in [9.17, 15) is 14.4 Å². The maximum absolute atomic E-state index is 12.9. The number of unbranched alkanes of at least 4 members (excludes halogenated alkanes) is 44. The summed E-state index contributed by atoms with van der Waals surface area (Å²) in [5.41, 5.74) is 0. The molecule has 0 bridgehead atoms. The molecule has 0 aromatic carbocycles. The minimum atomic E-state index is -0.762. The molecule has 404 valence electrons. The summed E-state index contributed by atoms with van der Waals surface area (Å²) >= 11 is 0. The van der Waals surface area contributed by atoms with Crippen LogP contribution in [0.3, 0.4) is 0 Å². The zero-order valence-electron chi connectivity index (χ0n) is 46.6. The molecular weight excluding hydrogens is 841 g/mol. The molecule has 68 heavy (non-hydrogen) atoms. The van der Waals surface area contributed by atoms with Crippen molar-refractivity contribution in [1.82, 2.24) is 0 Å². The second kappa shape index (κ2) is 56.3. The smallest absolute Gasteiger partial charge is 0.306 e. The van der Waals surface area contributed by atoms with Gasteiger partial charge in [0.25, 0.3) is 0 Å². The Hall–Kier alpha value is -1.59.